The smallest absolute Gasteiger partial charge is 0.245 e. The molecule has 1 aliphatic heterocycles. The minimum absolute atomic E-state index is 0.0477. The number of rotatable bonds is 4. The summed E-state index contributed by atoms with van der Waals surface area (Å²) in [5, 5.41) is 2.96. The van der Waals surface area contributed by atoms with E-state index in [1.54, 1.807) is 0 Å². The highest BCUT2D eigenvalue weighted by Gasteiger charge is 2.30. The Morgan fingerprint density at radius 3 is 2.10 bits per heavy atom. The third-order valence-electron chi connectivity index (χ3n) is 3.66. The molecule has 0 spiro atoms. The summed E-state index contributed by atoms with van der Waals surface area (Å²) in [4.78, 5) is 26.7. The van der Waals surface area contributed by atoms with Crippen LogP contribution in [0.25, 0.3) is 0 Å². The van der Waals surface area contributed by atoms with Crippen molar-refractivity contribution in [2.45, 2.75) is 66.3 Å². The van der Waals surface area contributed by atoms with E-state index in [4.69, 9.17) is 0 Å². The second-order valence-corrected chi connectivity index (χ2v) is 7.29. The molecule has 4 nitrogen and oxygen atoms in total. The molecule has 1 N–H and O–H groups in total. The van der Waals surface area contributed by atoms with Gasteiger partial charge in [-0.3, -0.25) is 9.59 Å². The van der Waals surface area contributed by atoms with E-state index >= 15 is 0 Å². The van der Waals surface area contributed by atoms with Crippen LogP contribution >= 0.6 is 0 Å². The molecule has 20 heavy (non-hydrogen) atoms. The van der Waals surface area contributed by atoms with E-state index in [1.165, 1.54) is 6.42 Å². The van der Waals surface area contributed by atoms with E-state index in [-0.39, 0.29) is 17.9 Å². The maximum absolute atomic E-state index is 12.6. The molecule has 0 radical (unpaired) electrons. The first kappa shape index (κ1) is 17.0. The monoisotopic (exact) mass is 282 g/mol. The van der Waals surface area contributed by atoms with Gasteiger partial charge < -0.3 is 10.2 Å². The first-order chi connectivity index (χ1) is 9.21. The highest BCUT2D eigenvalue weighted by molar-refractivity contribution is 5.89. The molecule has 116 valence electrons. The van der Waals surface area contributed by atoms with Crippen molar-refractivity contribution in [3.8, 4) is 0 Å². The summed E-state index contributed by atoms with van der Waals surface area (Å²) in [6, 6.07) is -0.375. The lowest BCUT2D eigenvalue weighted by Gasteiger charge is -2.32. The molecule has 0 unspecified atom stereocenters. The molecule has 2 amide bonds. The van der Waals surface area contributed by atoms with Crippen LogP contribution in [0, 0.1) is 11.3 Å². The molecule has 0 aliphatic carbocycles. The number of nitrogens with zero attached hydrogens (tertiary/aromatic N) is 1. The van der Waals surface area contributed by atoms with E-state index in [1.807, 2.05) is 25.7 Å². The quantitative estimate of drug-likeness (QED) is 0.861. The van der Waals surface area contributed by atoms with E-state index in [0.29, 0.717) is 12.3 Å². The van der Waals surface area contributed by atoms with Crippen molar-refractivity contribution in [1.29, 1.82) is 0 Å². The summed E-state index contributed by atoms with van der Waals surface area (Å²) >= 11 is 0. The normalized spacial score (nSPS) is 18.0. The predicted molar refractivity (Wildman–Crippen MR) is 81.3 cm³/mol. The fourth-order valence-corrected chi connectivity index (χ4v) is 2.40. The molecule has 0 aromatic heterocycles. The van der Waals surface area contributed by atoms with Gasteiger partial charge >= 0.3 is 0 Å². The highest BCUT2D eigenvalue weighted by atomic mass is 16.2. The van der Waals surface area contributed by atoms with Crippen molar-refractivity contribution in [2.24, 2.45) is 11.3 Å². The Hall–Kier alpha value is -1.06. The van der Waals surface area contributed by atoms with E-state index in [9.17, 15) is 9.59 Å². The lowest BCUT2D eigenvalue weighted by molar-refractivity contribution is -0.139. The Morgan fingerprint density at radius 1 is 1.10 bits per heavy atom. The summed E-state index contributed by atoms with van der Waals surface area (Å²) in [5.74, 6) is 0.429. The number of likely N-dealkylation sites (tertiary alicyclic amines) is 1. The van der Waals surface area contributed by atoms with Gasteiger partial charge in [0.2, 0.25) is 11.8 Å². The zero-order valence-electron chi connectivity index (χ0n) is 13.7. The SMILES string of the molecule is CC(C)C[C@H](NC(=O)C(C)(C)C)C(=O)N1CCCCC1. The topological polar surface area (TPSA) is 49.4 Å². The Balaban J connectivity index is 2.72. The molecule has 1 atom stereocenters. The third kappa shape index (κ3) is 5.14. The Kier molecular flexibility index (Phi) is 6.03. The average molecular weight is 282 g/mol. The first-order valence-corrected chi connectivity index (χ1v) is 7.81. The summed E-state index contributed by atoms with van der Waals surface area (Å²) < 4.78 is 0. The molecule has 0 bridgehead atoms. The summed E-state index contributed by atoms with van der Waals surface area (Å²) in [6.07, 6.45) is 4.06. The highest BCUT2D eigenvalue weighted by Crippen LogP contribution is 2.17. The van der Waals surface area contributed by atoms with Crippen molar-refractivity contribution >= 4 is 11.8 Å². The fourth-order valence-electron chi connectivity index (χ4n) is 2.40. The number of hydrogen-bond donors (Lipinski definition) is 1. The van der Waals surface area contributed by atoms with E-state index < -0.39 is 5.41 Å². The maximum Gasteiger partial charge on any atom is 0.245 e. The van der Waals surface area contributed by atoms with Gasteiger partial charge in [-0.1, -0.05) is 34.6 Å². The molecule has 4 heteroatoms. The molecule has 1 fully saturated rings. The van der Waals surface area contributed by atoms with Crippen molar-refractivity contribution in [2.75, 3.05) is 13.1 Å². The molecule has 0 aromatic rings. The van der Waals surface area contributed by atoms with Crippen LogP contribution in [0.5, 0.6) is 0 Å². The second-order valence-electron chi connectivity index (χ2n) is 7.29. The van der Waals surface area contributed by atoms with Crippen LogP contribution in [-0.2, 0) is 9.59 Å². The van der Waals surface area contributed by atoms with Gasteiger partial charge in [-0.15, -0.1) is 0 Å². The largest absolute Gasteiger partial charge is 0.344 e. The molecule has 1 saturated heterocycles. The van der Waals surface area contributed by atoms with Crippen LogP contribution in [0.3, 0.4) is 0 Å². The zero-order valence-corrected chi connectivity index (χ0v) is 13.7. The number of amides is 2. The molecule has 0 aromatic carbocycles. The average Bonchev–Trinajstić information content (AvgIpc) is 2.36. The standard InChI is InChI=1S/C16H30N2O2/c1-12(2)11-13(17-15(20)16(3,4)5)14(19)18-9-7-6-8-10-18/h12-13H,6-11H2,1-5H3,(H,17,20)/t13-/m0/s1. The molecular weight excluding hydrogens is 252 g/mol. The maximum atomic E-state index is 12.6. The minimum Gasteiger partial charge on any atom is -0.344 e. The van der Waals surface area contributed by atoms with Gasteiger partial charge in [0.15, 0.2) is 0 Å². The third-order valence-corrected chi connectivity index (χ3v) is 3.66. The number of hydrogen-bond acceptors (Lipinski definition) is 2. The summed E-state index contributed by atoms with van der Waals surface area (Å²) in [6.45, 7) is 11.5. The van der Waals surface area contributed by atoms with E-state index in [2.05, 4.69) is 19.2 Å². The van der Waals surface area contributed by atoms with Crippen LogP contribution in [0.2, 0.25) is 0 Å². The lowest BCUT2D eigenvalue weighted by atomic mass is 9.93. The summed E-state index contributed by atoms with van der Waals surface area (Å²) in [7, 11) is 0. The van der Waals surface area contributed by atoms with Crippen molar-refractivity contribution < 1.29 is 9.59 Å². The van der Waals surface area contributed by atoms with Crippen LogP contribution in [0.4, 0.5) is 0 Å². The number of nitrogens with one attached hydrogen (secondary N) is 1. The second kappa shape index (κ2) is 7.09. The number of piperidine rings is 1. The Morgan fingerprint density at radius 2 is 1.65 bits per heavy atom. The summed E-state index contributed by atoms with van der Waals surface area (Å²) in [5.41, 5.74) is -0.461. The van der Waals surface area contributed by atoms with Gasteiger partial charge in [-0.2, -0.15) is 0 Å². The Labute approximate surface area is 123 Å². The zero-order chi connectivity index (χ0) is 15.3. The van der Waals surface area contributed by atoms with Crippen molar-refractivity contribution in [1.82, 2.24) is 10.2 Å². The van der Waals surface area contributed by atoms with Crippen molar-refractivity contribution in [3.05, 3.63) is 0 Å². The fraction of sp³-hybridized carbons (Fsp3) is 0.875. The van der Waals surface area contributed by atoms with Crippen LogP contribution in [-0.4, -0.2) is 35.8 Å². The van der Waals surface area contributed by atoms with Gasteiger partial charge in [0.05, 0.1) is 0 Å². The lowest BCUT2D eigenvalue weighted by Crippen LogP contribution is -2.52. The molecule has 1 rings (SSSR count). The first-order valence-electron chi connectivity index (χ1n) is 7.81. The molecule has 1 heterocycles. The van der Waals surface area contributed by atoms with Gasteiger partial charge in [0, 0.05) is 18.5 Å². The molecular formula is C16H30N2O2. The van der Waals surface area contributed by atoms with Crippen LogP contribution in [0.1, 0.15) is 60.3 Å². The van der Waals surface area contributed by atoms with E-state index in [0.717, 1.165) is 25.9 Å². The van der Waals surface area contributed by atoms with Gasteiger partial charge in [0.25, 0.3) is 0 Å². The van der Waals surface area contributed by atoms with Crippen LogP contribution < -0.4 is 5.32 Å². The van der Waals surface area contributed by atoms with Gasteiger partial charge in [-0.05, 0) is 31.6 Å². The van der Waals surface area contributed by atoms with Gasteiger partial charge in [0.1, 0.15) is 6.04 Å². The molecule has 0 saturated carbocycles. The predicted octanol–water partition coefficient (Wildman–Crippen LogP) is 2.58. The van der Waals surface area contributed by atoms with Gasteiger partial charge in [-0.25, -0.2) is 0 Å². The number of carbonyl (C=O) groups is 2. The minimum atomic E-state index is -0.461. The number of carbonyl (C=O) groups excluding carboxylic acids is 2. The van der Waals surface area contributed by atoms with Crippen LogP contribution in [0.15, 0.2) is 0 Å². The molecule has 1 aliphatic rings. The van der Waals surface area contributed by atoms with Crippen molar-refractivity contribution in [3.63, 3.8) is 0 Å². The Bertz CT molecular complexity index is 339.